The molecule has 22 heavy (non-hydrogen) atoms. The van der Waals surface area contributed by atoms with Gasteiger partial charge in [-0.1, -0.05) is 28.1 Å². The average molecular weight is 361 g/mol. The van der Waals surface area contributed by atoms with Crippen LogP contribution in [0.25, 0.3) is 0 Å². The van der Waals surface area contributed by atoms with Gasteiger partial charge in [-0.15, -0.1) is 0 Å². The molecule has 0 amide bonds. The minimum absolute atomic E-state index is 0.258. The second-order valence-electron chi connectivity index (χ2n) is 6.22. The first kappa shape index (κ1) is 15.8. The molecule has 117 valence electrons. The van der Waals surface area contributed by atoms with E-state index < -0.39 is 0 Å². The van der Waals surface area contributed by atoms with Crippen LogP contribution in [0.1, 0.15) is 41.9 Å². The van der Waals surface area contributed by atoms with Crippen LogP contribution in [0, 0.1) is 0 Å². The second kappa shape index (κ2) is 6.57. The summed E-state index contributed by atoms with van der Waals surface area (Å²) in [7, 11) is 6.45. The molecule has 2 unspecified atom stereocenters. The Hall–Kier alpha value is -1.10. The normalized spacial score (nSPS) is 19.8. The maximum atomic E-state index is 4.73. The van der Waals surface area contributed by atoms with Crippen molar-refractivity contribution in [1.82, 2.24) is 14.8 Å². The predicted molar refractivity (Wildman–Crippen MR) is 94.1 cm³/mol. The van der Waals surface area contributed by atoms with Crippen LogP contribution in [0.5, 0.6) is 0 Å². The van der Waals surface area contributed by atoms with Crippen LogP contribution in [0.4, 0.5) is 0 Å². The molecular weight excluding hydrogens is 338 g/mol. The van der Waals surface area contributed by atoms with Crippen LogP contribution in [-0.2, 0) is 7.05 Å². The molecule has 1 aromatic heterocycles. The molecule has 1 radical (unpaired) electrons. The molecule has 0 N–H and O–H groups in total. The van der Waals surface area contributed by atoms with E-state index in [0.717, 1.165) is 11.0 Å². The molecule has 2 aromatic rings. The van der Waals surface area contributed by atoms with Crippen molar-refractivity contribution in [1.29, 1.82) is 0 Å². The van der Waals surface area contributed by atoms with Gasteiger partial charge in [0, 0.05) is 29.5 Å². The topological polar surface area (TPSA) is 22.3 Å². The van der Waals surface area contributed by atoms with Crippen molar-refractivity contribution >= 4 is 15.9 Å². The van der Waals surface area contributed by atoms with Gasteiger partial charge in [0.1, 0.15) is 0 Å². The fourth-order valence-electron chi connectivity index (χ4n) is 3.40. The molecule has 3 nitrogen and oxygen atoms in total. The molecule has 0 bridgehead atoms. The number of rotatable bonds is 4. The standard InChI is InChI=1S/C18H23BrN3/c1-21(2)18(13-6-8-14(19)9-7-13)17-11-10-16(22(17)3)15-5-4-12-20-15/h6-11,15,18H,4-5,12H2,1-3H3. The third kappa shape index (κ3) is 3.00. The van der Waals surface area contributed by atoms with Gasteiger partial charge in [0.2, 0.25) is 0 Å². The Morgan fingerprint density at radius 1 is 1.18 bits per heavy atom. The zero-order chi connectivity index (χ0) is 15.7. The Bertz CT molecular complexity index is 624. The molecule has 0 aliphatic carbocycles. The number of nitrogens with zero attached hydrogens (tertiary/aromatic N) is 3. The summed E-state index contributed by atoms with van der Waals surface area (Å²) in [6.45, 7) is 1.01. The summed E-state index contributed by atoms with van der Waals surface area (Å²) >= 11 is 3.52. The highest BCUT2D eigenvalue weighted by molar-refractivity contribution is 9.10. The Morgan fingerprint density at radius 2 is 1.91 bits per heavy atom. The smallest absolute Gasteiger partial charge is 0.0751 e. The third-order valence-corrected chi connectivity index (χ3v) is 5.04. The quantitative estimate of drug-likeness (QED) is 0.810. The van der Waals surface area contributed by atoms with Crippen molar-refractivity contribution in [3.05, 3.63) is 57.8 Å². The molecule has 3 rings (SSSR count). The van der Waals surface area contributed by atoms with Gasteiger partial charge < -0.3 is 4.57 Å². The van der Waals surface area contributed by atoms with Gasteiger partial charge in [0.25, 0.3) is 0 Å². The van der Waals surface area contributed by atoms with Crippen molar-refractivity contribution in [3.63, 3.8) is 0 Å². The number of hydrogen-bond acceptors (Lipinski definition) is 1. The van der Waals surface area contributed by atoms with Gasteiger partial charge in [-0.05, 0) is 56.8 Å². The molecule has 1 saturated heterocycles. The lowest BCUT2D eigenvalue weighted by atomic mass is 10.0. The lowest BCUT2D eigenvalue weighted by molar-refractivity contribution is 0.329. The van der Waals surface area contributed by atoms with Crippen LogP contribution >= 0.6 is 15.9 Å². The average Bonchev–Trinajstić information content (AvgIpc) is 3.12. The minimum Gasteiger partial charge on any atom is -0.348 e. The third-order valence-electron chi connectivity index (χ3n) is 4.51. The molecule has 1 aliphatic rings. The zero-order valence-corrected chi connectivity index (χ0v) is 15.0. The molecule has 0 spiro atoms. The van der Waals surface area contributed by atoms with Crippen LogP contribution in [0.3, 0.4) is 0 Å². The summed E-state index contributed by atoms with van der Waals surface area (Å²) in [5.74, 6) is 0. The van der Waals surface area contributed by atoms with E-state index in [0.29, 0.717) is 6.04 Å². The Labute approximate surface area is 141 Å². The van der Waals surface area contributed by atoms with Gasteiger partial charge in [-0.3, -0.25) is 4.90 Å². The molecule has 1 aromatic carbocycles. The Balaban J connectivity index is 1.97. The van der Waals surface area contributed by atoms with Crippen molar-refractivity contribution in [2.24, 2.45) is 7.05 Å². The van der Waals surface area contributed by atoms with Crippen molar-refractivity contribution in [3.8, 4) is 0 Å². The lowest BCUT2D eigenvalue weighted by Gasteiger charge is -2.26. The summed E-state index contributed by atoms with van der Waals surface area (Å²) in [6, 6.07) is 13.8. The van der Waals surface area contributed by atoms with Crippen molar-refractivity contribution in [2.45, 2.75) is 24.9 Å². The number of halogens is 1. The molecule has 1 aliphatic heterocycles. The first-order chi connectivity index (χ1) is 10.6. The first-order valence-electron chi connectivity index (χ1n) is 7.82. The highest BCUT2D eigenvalue weighted by Crippen LogP contribution is 2.32. The van der Waals surface area contributed by atoms with Crippen molar-refractivity contribution in [2.75, 3.05) is 20.6 Å². The fourth-order valence-corrected chi connectivity index (χ4v) is 3.66. The number of hydrogen-bond donors (Lipinski definition) is 0. The van der Waals surface area contributed by atoms with Gasteiger partial charge in [0.05, 0.1) is 12.1 Å². The molecule has 1 fully saturated rings. The number of benzene rings is 1. The van der Waals surface area contributed by atoms with Crippen LogP contribution < -0.4 is 5.32 Å². The van der Waals surface area contributed by atoms with Crippen LogP contribution in [0.2, 0.25) is 0 Å². The molecule has 2 atom stereocenters. The monoisotopic (exact) mass is 360 g/mol. The van der Waals surface area contributed by atoms with Crippen LogP contribution in [0.15, 0.2) is 40.9 Å². The Kier molecular flexibility index (Phi) is 4.71. The van der Waals surface area contributed by atoms with E-state index in [4.69, 9.17) is 5.32 Å². The van der Waals surface area contributed by atoms with E-state index in [1.165, 1.54) is 29.8 Å². The highest BCUT2D eigenvalue weighted by Gasteiger charge is 2.25. The summed E-state index contributed by atoms with van der Waals surface area (Å²) in [4.78, 5) is 2.27. The van der Waals surface area contributed by atoms with Crippen LogP contribution in [-0.4, -0.2) is 30.1 Å². The zero-order valence-electron chi connectivity index (χ0n) is 13.5. The number of aromatic nitrogens is 1. The SMILES string of the molecule is CN(C)C(c1ccc(Br)cc1)c1ccc(C2CCC[N]2)n1C. The largest absolute Gasteiger partial charge is 0.348 e. The summed E-state index contributed by atoms with van der Waals surface area (Å²) in [5, 5.41) is 4.73. The Morgan fingerprint density at radius 3 is 2.50 bits per heavy atom. The van der Waals surface area contributed by atoms with E-state index in [1.807, 2.05) is 0 Å². The van der Waals surface area contributed by atoms with E-state index >= 15 is 0 Å². The maximum absolute atomic E-state index is 4.73. The minimum atomic E-state index is 0.258. The molecule has 2 heterocycles. The molecule has 0 saturated carbocycles. The predicted octanol–water partition coefficient (Wildman–Crippen LogP) is 3.88. The summed E-state index contributed by atoms with van der Waals surface area (Å²) < 4.78 is 3.46. The van der Waals surface area contributed by atoms with Gasteiger partial charge in [0.15, 0.2) is 0 Å². The highest BCUT2D eigenvalue weighted by atomic mass is 79.9. The van der Waals surface area contributed by atoms with Gasteiger partial charge in [-0.25, -0.2) is 5.32 Å². The lowest BCUT2D eigenvalue weighted by Crippen LogP contribution is -2.24. The van der Waals surface area contributed by atoms with E-state index in [9.17, 15) is 0 Å². The van der Waals surface area contributed by atoms with Gasteiger partial charge >= 0.3 is 0 Å². The molecule has 4 heteroatoms. The molecular formula is C18H23BrN3. The van der Waals surface area contributed by atoms with E-state index in [2.05, 4.69) is 82.9 Å². The van der Waals surface area contributed by atoms with Gasteiger partial charge in [-0.2, -0.15) is 0 Å². The fraction of sp³-hybridized carbons (Fsp3) is 0.444. The van der Waals surface area contributed by atoms with E-state index in [-0.39, 0.29) is 6.04 Å². The second-order valence-corrected chi connectivity index (χ2v) is 7.14. The van der Waals surface area contributed by atoms with E-state index in [1.54, 1.807) is 0 Å². The first-order valence-corrected chi connectivity index (χ1v) is 8.61. The maximum Gasteiger partial charge on any atom is 0.0751 e. The summed E-state index contributed by atoms with van der Waals surface area (Å²) in [5.41, 5.74) is 3.98. The van der Waals surface area contributed by atoms with Crippen molar-refractivity contribution < 1.29 is 0 Å². The summed E-state index contributed by atoms with van der Waals surface area (Å²) in [6.07, 6.45) is 2.40.